The van der Waals surface area contributed by atoms with Crippen LogP contribution in [0, 0.1) is 13.8 Å². The van der Waals surface area contributed by atoms with Crippen molar-refractivity contribution in [2.75, 3.05) is 21.2 Å². The Hall–Kier alpha value is -2.50. The minimum atomic E-state index is -0.0874. The number of aromatic nitrogens is 1. The molecular formula is C16H20N2O4. The van der Waals surface area contributed by atoms with Gasteiger partial charge in [0, 0.05) is 19.7 Å². The summed E-state index contributed by atoms with van der Waals surface area (Å²) < 4.78 is 16.2. The van der Waals surface area contributed by atoms with Gasteiger partial charge in [-0.3, -0.25) is 4.79 Å². The van der Waals surface area contributed by atoms with Crippen LogP contribution in [0.4, 0.5) is 0 Å². The number of benzene rings is 1. The maximum Gasteiger partial charge on any atom is 0.253 e. The van der Waals surface area contributed by atoms with Gasteiger partial charge in [0.2, 0.25) is 0 Å². The van der Waals surface area contributed by atoms with Crippen molar-refractivity contribution in [2.45, 2.75) is 20.5 Å². The molecule has 0 bridgehead atoms. The molecule has 2 rings (SSSR count). The lowest BCUT2D eigenvalue weighted by atomic mass is 10.1. The molecule has 0 aliphatic rings. The summed E-state index contributed by atoms with van der Waals surface area (Å²) in [5.41, 5.74) is 2.26. The molecule has 0 aliphatic carbocycles. The third kappa shape index (κ3) is 3.21. The smallest absolute Gasteiger partial charge is 0.253 e. The summed E-state index contributed by atoms with van der Waals surface area (Å²) in [6.45, 7) is 4.04. The molecular weight excluding hydrogens is 284 g/mol. The van der Waals surface area contributed by atoms with Crippen molar-refractivity contribution in [1.82, 2.24) is 10.1 Å². The SMILES string of the molecule is COc1cc(C(=O)N(C)C)ccc1OCc1c(C)noc1C. The van der Waals surface area contributed by atoms with Crippen molar-refractivity contribution in [3.8, 4) is 11.5 Å². The molecule has 1 aromatic carbocycles. The van der Waals surface area contributed by atoms with Crippen molar-refractivity contribution < 1.29 is 18.8 Å². The fourth-order valence-corrected chi connectivity index (χ4v) is 2.04. The van der Waals surface area contributed by atoms with Crippen LogP contribution in [-0.4, -0.2) is 37.2 Å². The van der Waals surface area contributed by atoms with E-state index in [-0.39, 0.29) is 5.91 Å². The van der Waals surface area contributed by atoms with E-state index in [9.17, 15) is 4.79 Å². The number of methoxy groups -OCH3 is 1. The number of nitrogens with zero attached hydrogens (tertiary/aromatic N) is 2. The minimum Gasteiger partial charge on any atom is -0.493 e. The van der Waals surface area contributed by atoms with Gasteiger partial charge in [-0.15, -0.1) is 0 Å². The highest BCUT2D eigenvalue weighted by Gasteiger charge is 2.14. The summed E-state index contributed by atoms with van der Waals surface area (Å²) in [6.07, 6.45) is 0. The van der Waals surface area contributed by atoms with Crippen LogP contribution in [0.15, 0.2) is 22.7 Å². The largest absolute Gasteiger partial charge is 0.493 e. The Morgan fingerprint density at radius 1 is 1.27 bits per heavy atom. The third-order valence-corrected chi connectivity index (χ3v) is 3.37. The highest BCUT2D eigenvalue weighted by molar-refractivity contribution is 5.94. The van der Waals surface area contributed by atoms with Crippen molar-refractivity contribution in [3.63, 3.8) is 0 Å². The Morgan fingerprint density at radius 3 is 2.55 bits per heavy atom. The second-order valence-corrected chi connectivity index (χ2v) is 5.16. The van der Waals surface area contributed by atoms with Gasteiger partial charge in [-0.25, -0.2) is 0 Å². The van der Waals surface area contributed by atoms with E-state index in [0.717, 1.165) is 17.0 Å². The Balaban J connectivity index is 2.19. The molecule has 1 aromatic heterocycles. The predicted octanol–water partition coefficient (Wildman–Crippen LogP) is 2.58. The Morgan fingerprint density at radius 2 is 2.00 bits per heavy atom. The zero-order valence-corrected chi connectivity index (χ0v) is 13.5. The van der Waals surface area contributed by atoms with E-state index in [1.807, 2.05) is 13.8 Å². The first-order valence-electron chi connectivity index (χ1n) is 6.88. The molecule has 0 saturated heterocycles. The van der Waals surface area contributed by atoms with Crippen LogP contribution < -0.4 is 9.47 Å². The maximum atomic E-state index is 12.0. The van der Waals surface area contributed by atoms with Crippen LogP contribution in [0.1, 0.15) is 27.4 Å². The van der Waals surface area contributed by atoms with Gasteiger partial charge in [0.15, 0.2) is 11.5 Å². The molecule has 0 aliphatic heterocycles. The molecule has 0 radical (unpaired) electrons. The first-order valence-corrected chi connectivity index (χ1v) is 6.88. The van der Waals surface area contributed by atoms with Crippen LogP contribution in [0.25, 0.3) is 0 Å². The quantitative estimate of drug-likeness (QED) is 0.849. The summed E-state index contributed by atoms with van der Waals surface area (Å²) in [5.74, 6) is 1.73. The van der Waals surface area contributed by atoms with E-state index < -0.39 is 0 Å². The second-order valence-electron chi connectivity index (χ2n) is 5.16. The Bertz CT molecular complexity index is 657. The lowest BCUT2D eigenvalue weighted by molar-refractivity contribution is 0.0827. The molecule has 2 aromatic rings. The highest BCUT2D eigenvalue weighted by Crippen LogP contribution is 2.29. The monoisotopic (exact) mass is 304 g/mol. The van der Waals surface area contributed by atoms with E-state index in [0.29, 0.717) is 23.7 Å². The van der Waals surface area contributed by atoms with E-state index >= 15 is 0 Å². The van der Waals surface area contributed by atoms with Crippen LogP contribution in [0.5, 0.6) is 11.5 Å². The first-order chi connectivity index (χ1) is 10.4. The molecule has 0 N–H and O–H groups in total. The fourth-order valence-electron chi connectivity index (χ4n) is 2.04. The summed E-state index contributed by atoms with van der Waals surface area (Å²) in [6, 6.07) is 5.12. The lowest BCUT2D eigenvalue weighted by Gasteiger charge is -2.14. The number of carbonyl (C=O) groups is 1. The van der Waals surface area contributed by atoms with Crippen LogP contribution in [0.2, 0.25) is 0 Å². The molecule has 0 spiro atoms. The van der Waals surface area contributed by atoms with Gasteiger partial charge in [-0.2, -0.15) is 0 Å². The highest BCUT2D eigenvalue weighted by atomic mass is 16.5. The van der Waals surface area contributed by atoms with E-state index in [4.69, 9.17) is 14.0 Å². The molecule has 0 fully saturated rings. The molecule has 0 atom stereocenters. The fraction of sp³-hybridized carbons (Fsp3) is 0.375. The standard InChI is InChI=1S/C16H20N2O4/c1-10-13(11(2)22-17-10)9-21-14-7-6-12(8-15(14)20-5)16(19)18(3)4/h6-8H,9H2,1-5H3. The summed E-state index contributed by atoms with van der Waals surface area (Å²) in [7, 11) is 4.95. The molecule has 1 heterocycles. The van der Waals surface area contributed by atoms with Gasteiger partial charge in [0.25, 0.3) is 5.91 Å². The van der Waals surface area contributed by atoms with Crippen molar-refractivity contribution in [3.05, 3.63) is 40.8 Å². The molecule has 1 amide bonds. The first kappa shape index (κ1) is 15.9. The number of aryl methyl sites for hydroxylation is 2. The topological polar surface area (TPSA) is 64.8 Å². The van der Waals surface area contributed by atoms with E-state index in [1.165, 1.54) is 4.90 Å². The average molecular weight is 304 g/mol. The summed E-state index contributed by atoms with van der Waals surface area (Å²) in [4.78, 5) is 13.5. The van der Waals surface area contributed by atoms with E-state index in [2.05, 4.69) is 5.16 Å². The zero-order valence-electron chi connectivity index (χ0n) is 13.5. The third-order valence-electron chi connectivity index (χ3n) is 3.37. The van der Waals surface area contributed by atoms with Gasteiger partial charge in [-0.05, 0) is 32.0 Å². The molecule has 0 saturated carbocycles. The molecule has 0 unspecified atom stereocenters. The number of hydrogen-bond donors (Lipinski definition) is 0. The molecule has 6 nitrogen and oxygen atoms in total. The minimum absolute atomic E-state index is 0.0874. The molecule has 6 heteroatoms. The lowest BCUT2D eigenvalue weighted by Crippen LogP contribution is -2.21. The number of hydrogen-bond acceptors (Lipinski definition) is 5. The maximum absolute atomic E-state index is 12.0. The van der Waals surface area contributed by atoms with Crippen LogP contribution in [0.3, 0.4) is 0 Å². The number of ether oxygens (including phenoxy) is 2. The zero-order chi connectivity index (χ0) is 16.3. The van der Waals surface area contributed by atoms with Crippen molar-refractivity contribution in [2.24, 2.45) is 0 Å². The molecule has 118 valence electrons. The van der Waals surface area contributed by atoms with Gasteiger partial charge >= 0.3 is 0 Å². The predicted molar refractivity (Wildman–Crippen MR) is 81.3 cm³/mol. The van der Waals surface area contributed by atoms with Crippen molar-refractivity contribution in [1.29, 1.82) is 0 Å². The summed E-state index contributed by atoms with van der Waals surface area (Å²) in [5, 5.41) is 3.89. The van der Waals surface area contributed by atoms with E-state index in [1.54, 1.807) is 39.4 Å². The van der Waals surface area contributed by atoms with Gasteiger partial charge in [0.1, 0.15) is 12.4 Å². The Kier molecular flexibility index (Phi) is 4.70. The van der Waals surface area contributed by atoms with Crippen LogP contribution >= 0.6 is 0 Å². The van der Waals surface area contributed by atoms with Gasteiger partial charge in [-0.1, -0.05) is 5.16 Å². The second kappa shape index (κ2) is 6.51. The average Bonchev–Trinajstić information content (AvgIpc) is 2.83. The Labute approximate surface area is 129 Å². The number of amides is 1. The van der Waals surface area contributed by atoms with Gasteiger partial charge in [0.05, 0.1) is 18.4 Å². The van der Waals surface area contributed by atoms with Gasteiger partial charge < -0.3 is 18.9 Å². The molecule has 22 heavy (non-hydrogen) atoms. The van der Waals surface area contributed by atoms with Crippen LogP contribution in [-0.2, 0) is 6.61 Å². The normalized spacial score (nSPS) is 10.4. The number of carbonyl (C=O) groups excluding carboxylic acids is 1. The summed E-state index contributed by atoms with van der Waals surface area (Å²) >= 11 is 0. The number of rotatable bonds is 5. The van der Waals surface area contributed by atoms with Crippen molar-refractivity contribution >= 4 is 5.91 Å².